The minimum atomic E-state index is -0.925. The Bertz CT molecular complexity index is 359. The van der Waals surface area contributed by atoms with E-state index in [1.54, 1.807) is 20.8 Å². The number of methoxy groups -OCH3 is 1. The SMILES string of the molecule is COC(=O)[C@]1(NC(=O)OC(C)(C)C)CC[C@@H]1C(C)C. The van der Waals surface area contributed by atoms with Gasteiger partial charge in [-0.25, -0.2) is 9.59 Å². The molecule has 19 heavy (non-hydrogen) atoms. The van der Waals surface area contributed by atoms with Crippen LogP contribution in [0.4, 0.5) is 4.79 Å². The van der Waals surface area contributed by atoms with Crippen LogP contribution in [0.2, 0.25) is 0 Å². The molecule has 0 aromatic rings. The number of rotatable bonds is 3. The number of ether oxygens (including phenoxy) is 2. The minimum Gasteiger partial charge on any atom is -0.467 e. The predicted octanol–water partition coefficient (Wildman–Crippen LogP) is 2.49. The average Bonchev–Trinajstić information content (AvgIpc) is 2.19. The fourth-order valence-electron chi connectivity index (χ4n) is 2.63. The largest absolute Gasteiger partial charge is 0.467 e. The molecule has 0 radical (unpaired) electrons. The fourth-order valence-corrected chi connectivity index (χ4v) is 2.63. The zero-order valence-electron chi connectivity index (χ0n) is 12.7. The normalized spacial score (nSPS) is 26.6. The van der Waals surface area contributed by atoms with Crippen molar-refractivity contribution in [3.63, 3.8) is 0 Å². The van der Waals surface area contributed by atoms with Crippen LogP contribution in [-0.4, -0.2) is 30.3 Å². The predicted molar refractivity (Wildman–Crippen MR) is 71.7 cm³/mol. The first-order valence-electron chi connectivity index (χ1n) is 6.72. The third-order valence-electron chi connectivity index (χ3n) is 3.56. The van der Waals surface area contributed by atoms with Gasteiger partial charge in [0.05, 0.1) is 7.11 Å². The van der Waals surface area contributed by atoms with Crippen LogP contribution in [0.3, 0.4) is 0 Å². The summed E-state index contributed by atoms with van der Waals surface area (Å²) in [5.74, 6) is -0.00133. The van der Waals surface area contributed by atoms with Gasteiger partial charge in [-0.2, -0.15) is 0 Å². The lowest BCUT2D eigenvalue weighted by atomic mass is 9.62. The second-order valence-corrected chi connectivity index (χ2v) is 6.48. The number of nitrogens with one attached hydrogen (secondary N) is 1. The van der Waals surface area contributed by atoms with Gasteiger partial charge in [0, 0.05) is 0 Å². The summed E-state index contributed by atoms with van der Waals surface area (Å²) in [5, 5.41) is 2.73. The Hall–Kier alpha value is -1.26. The van der Waals surface area contributed by atoms with E-state index in [0.29, 0.717) is 12.3 Å². The Balaban J connectivity index is 2.83. The van der Waals surface area contributed by atoms with E-state index in [1.807, 2.05) is 13.8 Å². The molecule has 1 aliphatic carbocycles. The van der Waals surface area contributed by atoms with Gasteiger partial charge in [-0.3, -0.25) is 0 Å². The summed E-state index contributed by atoms with van der Waals surface area (Å²) in [7, 11) is 1.34. The number of hydrogen-bond acceptors (Lipinski definition) is 4. The molecular weight excluding hydrogens is 246 g/mol. The Labute approximate surface area is 115 Å². The molecule has 1 fully saturated rings. The van der Waals surface area contributed by atoms with Crippen molar-refractivity contribution in [2.75, 3.05) is 7.11 Å². The van der Waals surface area contributed by atoms with E-state index in [-0.39, 0.29) is 11.9 Å². The molecule has 0 spiro atoms. The third-order valence-corrected chi connectivity index (χ3v) is 3.56. The summed E-state index contributed by atoms with van der Waals surface area (Å²) in [6, 6.07) is 0. The van der Waals surface area contributed by atoms with Crippen LogP contribution in [-0.2, 0) is 14.3 Å². The Morgan fingerprint density at radius 1 is 1.32 bits per heavy atom. The molecule has 5 nitrogen and oxygen atoms in total. The highest BCUT2D eigenvalue weighted by molar-refractivity contribution is 5.87. The Morgan fingerprint density at radius 3 is 2.21 bits per heavy atom. The molecule has 2 atom stereocenters. The highest BCUT2D eigenvalue weighted by Gasteiger charge is 2.56. The van der Waals surface area contributed by atoms with Crippen LogP contribution in [0.5, 0.6) is 0 Å². The maximum absolute atomic E-state index is 12.0. The standard InChI is InChI=1S/C14H25NO4/c1-9(2)10-7-8-14(10,11(16)18-6)15-12(17)19-13(3,4)5/h9-10H,7-8H2,1-6H3,(H,15,17)/t10-,14+/m1/s1. The Morgan fingerprint density at radius 2 is 1.89 bits per heavy atom. The number of hydrogen-bond donors (Lipinski definition) is 1. The van der Waals surface area contributed by atoms with Gasteiger partial charge < -0.3 is 14.8 Å². The second kappa shape index (κ2) is 5.39. The summed E-state index contributed by atoms with van der Waals surface area (Å²) >= 11 is 0. The molecule has 1 rings (SSSR count). The van der Waals surface area contributed by atoms with E-state index in [2.05, 4.69) is 5.32 Å². The zero-order chi connectivity index (χ0) is 14.8. The van der Waals surface area contributed by atoms with E-state index in [1.165, 1.54) is 7.11 Å². The van der Waals surface area contributed by atoms with Gasteiger partial charge in [-0.15, -0.1) is 0 Å². The van der Waals surface area contributed by atoms with Crippen molar-refractivity contribution in [2.45, 2.75) is 58.6 Å². The summed E-state index contributed by atoms with van der Waals surface area (Å²) in [6.45, 7) is 9.45. The third kappa shape index (κ3) is 3.39. The lowest BCUT2D eigenvalue weighted by molar-refractivity contribution is -0.158. The topological polar surface area (TPSA) is 64.6 Å². The lowest BCUT2D eigenvalue weighted by Crippen LogP contribution is -2.67. The molecule has 0 saturated heterocycles. The number of amides is 1. The molecule has 0 aromatic carbocycles. The van der Waals surface area contributed by atoms with Gasteiger partial charge in [-0.05, 0) is 45.4 Å². The van der Waals surface area contributed by atoms with Crippen molar-refractivity contribution < 1.29 is 19.1 Å². The molecule has 1 N–H and O–H groups in total. The van der Waals surface area contributed by atoms with Crippen LogP contribution in [0.1, 0.15) is 47.5 Å². The average molecular weight is 271 g/mol. The first-order chi connectivity index (χ1) is 8.62. The number of carbonyl (C=O) groups is 2. The summed E-state index contributed by atoms with van der Waals surface area (Å²) in [6.07, 6.45) is 0.938. The highest BCUT2D eigenvalue weighted by Crippen LogP contribution is 2.44. The smallest absolute Gasteiger partial charge is 0.408 e. The van der Waals surface area contributed by atoms with Gasteiger partial charge in [0.2, 0.25) is 0 Å². The van der Waals surface area contributed by atoms with Crippen LogP contribution < -0.4 is 5.32 Å². The molecule has 0 aliphatic heterocycles. The summed E-state index contributed by atoms with van der Waals surface area (Å²) in [5.41, 5.74) is -1.51. The molecule has 0 unspecified atom stereocenters. The van der Waals surface area contributed by atoms with Crippen molar-refractivity contribution >= 4 is 12.1 Å². The number of carbonyl (C=O) groups excluding carboxylic acids is 2. The molecule has 5 heteroatoms. The molecular formula is C14H25NO4. The maximum atomic E-state index is 12.0. The summed E-state index contributed by atoms with van der Waals surface area (Å²) in [4.78, 5) is 24.0. The van der Waals surface area contributed by atoms with Crippen LogP contribution in [0.15, 0.2) is 0 Å². The highest BCUT2D eigenvalue weighted by atomic mass is 16.6. The van der Waals surface area contributed by atoms with Gasteiger partial charge in [0.25, 0.3) is 0 Å². The lowest BCUT2D eigenvalue weighted by Gasteiger charge is -2.49. The van der Waals surface area contributed by atoms with E-state index in [9.17, 15) is 9.59 Å². The van der Waals surface area contributed by atoms with Crippen molar-refractivity contribution in [3.05, 3.63) is 0 Å². The molecule has 0 aromatic heterocycles. The van der Waals surface area contributed by atoms with E-state index >= 15 is 0 Å². The molecule has 1 saturated carbocycles. The first kappa shape index (κ1) is 15.8. The number of esters is 1. The van der Waals surface area contributed by atoms with E-state index in [4.69, 9.17) is 9.47 Å². The fraction of sp³-hybridized carbons (Fsp3) is 0.857. The van der Waals surface area contributed by atoms with Gasteiger partial charge in [0.15, 0.2) is 0 Å². The molecule has 0 heterocycles. The molecule has 1 amide bonds. The Kier molecular flexibility index (Phi) is 4.48. The molecule has 0 bridgehead atoms. The molecule has 110 valence electrons. The van der Waals surface area contributed by atoms with Gasteiger partial charge >= 0.3 is 12.1 Å². The first-order valence-corrected chi connectivity index (χ1v) is 6.72. The minimum absolute atomic E-state index is 0.0902. The van der Waals surface area contributed by atoms with Gasteiger partial charge in [-0.1, -0.05) is 13.8 Å². The van der Waals surface area contributed by atoms with E-state index in [0.717, 1.165) is 6.42 Å². The summed E-state index contributed by atoms with van der Waals surface area (Å²) < 4.78 is 10.1. The second-order valence-electron chi connectivity index (χ2n) is 6.48. The van der Waals surface area contributed by atoms with Crippen molar-refractivity contribution in [3.8, 4) is 0 Å². The van der Waals surface area contributed by atoms with E-state index < -0.39 is 17.2 Å². The van der Waals surface area contributed by atoms with Crippen molar-refractivity contribution in [2.24, 2.45) is 11.8 Å². The van der Waals surface area contributed by atoms with Crippen LogP contribution >= 0.6 is 0 Å². The van der Waals surface area contributed by atoms with Crippen molar-refractivity contribution in [1.82, 2.24) is 5.32 Å². The molecule has 1 aliphatic rings. The van der Waals surface area contributed by atoms with Crippen LogP contribution in [0.25, 0.3) is 0 Å². The maximum Gasteiger partial charge on any atom is 0.408 e. The quantitative estimate of drug-likeness (QED) is 0.801. The van der Waals surface area contributed by atoms with Crippen LogP contribution in [0, 0.1) is 11.8 Å². The zero-order valence-corrected chi connectivity index (χ0v) is 12.7. The monoisotopic (exact) mass is 271 g/mol. The van der Waals surface area contributed by atoms with Crippen molar-refractivity contribution in [1.29, 1.82) is 0 Å². The van der Waals surface area contributed by atoms with Gasteiger partial charge in [0.1, 0.15) is 11.1 Å². The number of alkyl carbamates (subject to hydrolysis) is 1.